The van der Waals surface area contributed by atoms with Gasteiger partial charge >= 0.3 is 0 Å². The van der Waals surface area contributed by atoms with Gasteiger partial charge in [-0.15, -0.1) is 0 Å². The highest BCUT2D eigenvalue weighted by Gasteiger charge is 2.42. The molecular formula is C14H16N4O. The first-order valence-corrected chi connectivity index (χ1v) is 6.52. The zero-order valence-corrected chi connectivity index (χ0v) is 10.6. The number of nitrogens with zero attached hydrogens (tertiary/aromatic N) is 3. The number of carbonyl (C=O) groups is 1. The Kier molecular flexibility index (Phi) is 3.03. The summed E-state index contributed by atoms with van der Waals surface area (Å²) in [7, 11) is 0. The van der Waals surface area contributed by atoms with Gasteiger partial charge in [-0.05, 0) is 18.4 Å². The molecule has 0 saturated heterocycles. The first kappa shape index (κ1) is 11.9. The van der Waals surface area contributed by atoms with Crippen LogP contribution in [0.1, 0.15) is 31.2 Å². The average Bonchev–Trinajstić information content (AvgIpc) is 3.13. The predicted octanol–water partition coefficient (Wildman–Crippen LogP) is 2.24. The Labute approximate surface area is 111 Å². The van der Waals surface area contributed by atoms with E-state index >= 15 is 0 Å². The first-order chi connectivity index (χ1) is 9.37. The second kappa shape index (κ2) is 4.84. The van der Waals surface area contributed by atoms with Gasteiger partial charge in [0.05, 0.1) is 5.54 Å². The van der Waals surface area contributed by atoms with E-state index in [-0.39, 0.29) is 5.54 Å². The van der Waals surface area contributed by atoms with Crippen LogP contribution in [-0.4, -0.2) is 21.6 Å². The second-order valence-electron chi connectivity index (χ2n) is 4.89. The molecule has 1 heterocycles. The molecule has 98 valence electrons. The fourth-order valence-corrected chi connectivity index (χ4v) is 3.05. The standard InChI is InChI=1S/C14H16N4O/c19-11-18(13-15-10-16-17-13)14(8-4-5-9-14)12-6-2-1-3-7-12/h1-3,6-7,10-11H,4-5,8-9H2,(H,15,16,17). The highest BCUT2D eigenvalue weighted by molar-refractivity contribution is 5.74. The van der Waals surface area contributed by atoms with Gasteiger partial charge in [-0.2, -0.15) is 10.1 Å². The summed E-state index contributed by atoms with van der Waals surface area (Å²) < 4.78 is 0. The van der Waals surface area contributed by atoms with Crippen molar-refractivity contribution in [2.75, 3.05) is 4.90 Å². The number of nitrogens with one attached hydrogen (secondary N) is 1. The minimum atomic E-state index is -0.289. The lowest BCUT2D eigenvalue weighted by Gasteiger charge is -2.37. The number of rotatable bonds is 4. The molecular weight excluding hydrogens is 240 g/mol. The molecule has 1 saturated carbocycles. The van der Waals surface area contributed by atoms with Crippen molar-refractivity contribution in [3.05, 3.63) is 42.2 Å². The van der Waals surface area contributed by atoms with Gasteiger partial charge in [0.1, 0.15) is 6.33 Å². The number of hydrogen-bond acceptors (Lipinski definition) is 3. The van der Waals surface area contributed by atoms with Crippen LogP contribution in [0.4, 0.5) is 5.95 Å². The smallest absolute Gasteiger partial charge is 0.228 e. The summed E-state index contributed by atoms with van der Waals surface area (Å²) in [4.78, 5) is 17.4. The molecule has 1 aromatic carbocycles. The fourth-order valence-electron chi connectivity index (χ4n) is 3.05. The van der Waals surface area contributed by atoms with Crippen molar-refractivity contribution in [3.8, 4) is 0 Å². The van der Waals surface area contributed by atoms with Gasteiger partial charge in [0.2, 0.25) is 12.4 Å². The normalized spacial score (nSPS) is 17.3. The zero-order valence-electron chi connectivity index (χ0n) is 10.6. The molecule has 0 atom stereocenters. The lowest BCUT2D eigenvalue weighted by Crippen LogP contribution is -2.44. The van der Waals surface area contributed by atoms with Crippen LogP contribution in [0.3, 0.4) is 0 Å². The Bertz CT molecular complexity index is 532. The largest absolute Gasteiger partial charge is 0.278 e. The summed E-state index contributed by atoms with van der Waals surface area (Å²) >= 11 is 0. The molecule has 2 aromatic rings. The third kappa shape index (κ3) is 1.91. The van der Waals surface area contributed by atoms with Crippen molar-refractivity contribution in [2.24, 2.45) is 0 Å². The van der Waals surface area contributed by atoms with Gasteiger partial charge in [0, 0.05) is 0 Å². The summed E-state index contributed by atoms with van der Waals surface area (Å²) in [5.41, 5.74) is 0.874. The summed E-state index contributed by atoms with van der Waals surface area (Å²) in [6.45, 7) is 0. The van der Waals surface area contributed by atoms with Gasteiger partial charge in [0.15, 0.2) is 0 Å². The summed E-state index contributed by atoms with van der Waals surface area (Å²) in [6.07, 6.45) is 6.44. The van der Waals surface area contributed by atoms with Crippen LogP contribution in [-0.2, 0) is 10.3 Å². The number of aromatic nitrogens is 3. The van der Waals surface area contributed by atoms with Crippen LogP contribution in [0.15, 0.2) is 36.7 Å². The van der Waals surface area contributed by atoms with Crippen molar-refractivity contribution in [2.45, 2.75) is 31.2 Å². The van der Waals surface area contributed by atoms with Crippen molar-refractivity contribution in [1.29, 1.82) is 0 Å². The zero-order chi connectivity index (χ0) is 13.1. The van der Waals surface area contributed by atoms with Gasteiger partial charge < -0.3 is 0 Å². The highest BCUT2D eigenvalue weighted by Crippen LogP contribution is 2.44. The number of hydrogen-bond donors (Lipinski definition) is 1. The maximum Gasteiger partial charge on any atom is 0.228 e. The summed E-state index contributed by atoms with van der Waals surface area (Å²) in [6, 6.07) is 10.2. The van der Waals surface area contributed by atoms with E-state index in [4.69, 9.17) is 0 Å². The second-order valence-corrected chi connectivity index (χ2v) is 4.89. The van der Waals surface area contributed by atoms with Crippen LogP contribution in [0.5, 0.6) is 0 Å². The number of amides is 1. The molecule has 0 unspecified atom stereocenters. The molecule has 5 nitrogen and oxygen atoms in total. The van der Waals surface area contributed by atoms with Crippen LogP contribution in [0.25, 0.3) is 0 Å². The van der Waals surface area contributed by atoms with E-state index in [0.717, 1.165) is 37.7 Å². The first-order valence-electron chi connectivity index (χ1n) is 6.52. The van der Waals surface area contributed by atoms with Gasteiger partial charge in [0.25, 0.3) is 0 Å². The van der Waals surface area contributed by atoms with Gasteiger partial charge in [-0.25, -0.2) is 5.10 Å². The Morgan fingerprint density at radius 2 is 1.95 bits per heavy atom. The average molecular weight is 256 g/mol. The number of H-pyrrole nitrogens is 1. The molecule has 1 fully saturated rings. The molecule has 0 spiro atoms. The van der Waals surface area contributed by atoms with E-state index in [0.29, 0.717) is 5.95 Å². The van der Waals surface area contributed by atoms with Crippen LogP contribution >= 0.6 is 0 Å². The molecule has 0 aliphatic heterocycles. The minimum Gasteiger partial charge on any atom is -0.278 e. The molecule has 19 heavy (non-hydrogen) atoms. The predicted molar refractivity (Wildman–Crippen MR) is 71.5 cm³/mol. The molecule has 1 N–H and O–H groups in total. The lowest BCUT2D eigenvalue weighted by molar-refractivity contribution is -0.108. The molecule has 1 aliphatic rings. The van der Waals surface area contributed by atoms with Crippen molar-refractivity contribution in [1.82, 2.24) is 15.2 Å². The van der Waals surface area contributed by atoms with Crippen LogP contribution in [0, 0.1) is 0 Å². The molecule has 3 rings (SSSR count). The summed E-state index contributed by atoms with van der Waals surface area (Å²) in [5.74, 6) is 0.515. The molecule has 1 amide bonds. The molecule has 0 bridgehead atoms. The van der Waals surface area contributed by atoms with E-state index in [1.165, 1.54) is 6.33 Å². The molecule has 1 aromatic heterocycles. The number of aromatic amines is 1. The third-order valence-corrected chi connectivity index (χ3v) is 3.94. The highest BCUT2D eigenvalue weighted by atomic mass is 16.1. The Morgan fingerprint density at radius 1 is 1.21 bits per heavy atom. The minimum absolute atomic E-state index is 0.289. The maximum absolute atomic E-state index is 11.6. The van der Waals surface area contributed by atoms with Gasteiger partial charge in [-0.3, -0.25) is 9.69 Å². The topological polar surface area (TPSA) is 61.9 Å². The van der Waals surface area contributed by atoms with E-state index < -0.39 is 0 Å². The van der Waals surface area contributed by atoms with Crippen LogP contribution < -0.4 is 4.90 Å². The molecule has 5 heteroatoms. The van der Waals surface area contributed by atoms with Crippen molar-refractivity contribution >= 4 is 12.4 Å². The fraction of sp³-hybridized carbons (Fsp3) is 0.357. The SMILES string of the molecule is O=CN(c1ncn[nH]1)C1(c2ccccc2)CCCC1. The molecule has 0 radical (unpaired) electrons. The van der Waals surface area contributed by atoms with Crippen molar-refractivity contribution < 1.29 is 4.79 Å². The maximum atomic E-state index is 11.6. The molecule has 1 aliphatic carbocycles. The third-order valence-electron chi connectivity index (χ3n) is 3.94. The Hall–Kier alpha value is -2.17. The quantitative estimate of drug-likeness (QED) is 0.853. The van der Waals surface area contributed by atoms with E-state index in [1.807, 2.05) is 18.2 Å². The van der Waals surface area contributed by atoms with E-state index in [1.54, 1.807) is 4.90 Å². The number of anilines is 1. The monoisotopic (exact) mass is 256 g/mol. The Balaban J connectivity index is 2.07. The Morgan fingerprint density at radius 3 is 2.53 bits per heavy atom. The summed E-state index contributed by atoms with van der Waals surface area (Å²) in [5, 5.41) is 6.64. The van der Waals surface area contributed by atoms with Crippen LogP contribution in [0.2, 0.25) is 0 Å². The van der Waals surface area contributed by atoms with Gasteiger partial charge in [-0.1, -0.05) is 43.2 Å². The number of benzene rings is 1. The lowest BCUT2D eigenvalue weighted by atomic mass is 9.87. The van der Waals surface area contributed by atoms with Crippen molar-refractivity contribution in [3.63, 3.8) is 0 Å². The van der Waals surface area contributed by atoms with E-state index in [9.17, 15) is 4.79 Å². The van der Waals surface area contributed by atoms with E-state index in [2.05, 4.69) is 27.3 Å². The number of carbonyl (C=O) groups excluding carboxylic acids is 1.